The summed E-state index contributed by atoms with van der Waals surface area (Å²) in [6.45, 7) is 3.58. The standard InChI is InChI=1S/C23H18N2O4S/c1-4-10-29-20-9-7-6-8-16(20)11-17(13-24)19(26)12-21-18(14-25)15(3)22(30-21)23(27)28-5-2/h1,6-9,11H,5,10,12H2,2-3H3/b17-11+. The van der Waals surface area contributed by atoms with Crippen molar-refractivity contribution in [3.8, 4) is 30.2 Å². The van der Waals surface area contributed by atoms with Crippen LogP contribution in [0.5, 0.6) is 5.75 Å². The molecular weight excluding hydrogens is 400 g/mol. The van der Waals surface area contributed by atoms with Crippen molar-refractivity contribution in [1.29, 1.82) is 10.5 Å². The van der Waals surface area contributed by atoms with E-state index in [-0.39, 0.29) is 35.6 Å². The normalized spacial score (nSPS) is 10.4. The SMILES string of the molecule is C#CCOc1ccccc1/C=C(\C#N)C(=O)Cc1sc(C(=O)OCC)c(C)c1C#N. The third-order valence-electron chi connectivity index (χ3n) is 4.06. The summed E-state index contributed by atoms with van der Waals surface area (Å²) in [5.74, 6) is 1.80. The molecule has 2 rings (SSSR count). The van der Waals surface area contributed by atoms with Crippen LogP contribution in [0.25, 0.3) is 6.08 Å². The van der Waals surface area contributed by atoms with Gasteiger partial charge in [0.1, 0.15) is 29.4 Å². The minimum atomic E-state index is -0.536. The van der Waals surface area contributed by atoms with Crippen LogP contribution in [-0.2, 0) is 16.0 Å². The van der Waals surface area contributed by atoms with Gasteiger partial charge in [0, 0.05) is 16.9 Å². The first-order valence-corrected chi connectivity index (χ1v) is 9.78. The number of rotatable bonds is 8. The molecule has 0 unspecified atom stereocenters. The van der Waals surface area contributed by atoms with Crippen LogP contribution >= 0.6 is 11.3 Å². The number of Topliss-reactive ketones (excluding diaryl/α,β-unsaturated/α-hetero) is 1. The summed E-state index contributed by atoms with van der Waals surface area (Å²) in [5, 5.41) is 19.0. The number of allylic oxidation sites excluding steroid dienone is 1. The second-order valence-corrected chi connectivity index (χ2v) is 7.09. The highest BCUT2D eigenvalue weighted by atomic mass is 32.1. The maximum atomic E-state index is 12.8. The fraction of sp³-hybridized carbons (Fsp3) is 0.217. The molecule has 6 nitrogen and oxygen atoms in total. The Bertz CT molecular complexity index is 1120. The van der Waals surface area contributed by atoms with Gasteiger partial charge in [0.25, 0.3) is 0 Å². The fourth-order valence-corrected chi connectivity index (χ4v) is 3.81. The van der Waals surface area contributed by atoms with Gasteiger partial charge in [-0.05, 0) is 31.6 Å². The molecule has 150 valence electrons. The van der Waals surface area contributed by atoms with Crippen LogP contribution in [0.3, 0.4) is 0 Å². The summed E-state index contributed by atoms with van der Waals surface area (Å²) in [4.78, 5) is 25.6. The molecule has 2 aromatic rings. The van der Waals surface area contributed by atoms with Crippen LogP contribution in [0, 0.1) is 41.9 Å². The topological polar surface area (TPSA) is 100 Å². The van der Waals surface area contributed by atoms with Crippen molar-refractivity contribution in [3.05, 3.63) is 56.3 Å². The van der Waals surface area contributed by atoms with E-state index in [0.717, 1.165) is 11.3 Å². The van der Waals surface area contributed by atoms with Gasteiger partial charge in [-0.25, -0.2) is 4.79 Å². The molecular formula is C23H18N2O4S. The first kappa shape index (κ1) is 22.4. The molecule has 0 saturated carbocycles. The number of thiophene rings is 1. The van der Waals surface area contributed by atoms with Gasteiger partial charge < -0.3 is 9.47 Å². The van der Waals surface area contributed by atoms with Gasteiger partial charge in [-0.15, -0.1) is 17.8 Å². The van der Waals surface area contributed by atoms with Gasteiger partial charge in [-0.3, -0.25) is 4.79 Å². The number of carbonyl (C=O) groups is 2. The average molecular weight is 418 g/mol. The second kappa shape index (κ2) is 10.6. The van der Waals surface area contributed by atoms with Crippen molar-refractivity contribution in [2.45, 2.75) is 20.3 Å². The van der Waals surface area contributed by atoms with Crippen LogP contribution in [0.15, 0.2) is 29.8 Å². The smallest absolute Gasteiger partial charge is 0.348 e. The van der Waals surface area contributed by atoms with Crippen molar-refractivity contribution in [2.75, 3.05) is 13.2 Å². The van der Waals surface area contributed by atoms with Crippen molar-refractivity contribution in [3.63, 3.8) is 0 Å². The number of terminal acetylenes is 1. The number of carbonyl (C=O) groups excluding carboxylic acids is 2. The zero-order chi connectivity index (χ0) is 22.1. The number of nitrogens with zero attached hydrogens (tertiary/aromatic N) is 2. The summed E-state index contributed by atoms with van der Waals surface area (Å²) in [6, 6.07) is 10.8. The van der Waals surface area contributed by atoms with Crippen LogP contribution in [-0.4, -0.2) is 25.0 Å². The number of nitriles is 2. The number of para-hydroxylation sites is 1. The molecule has 0 amide bonds. The van der Waals surface area contributed by atoms with E-state index >= 15 is 0 Å². The van der Waals surface area contributed by atoms with E-state index in [4.69, 9.17) is 15.9 Å². The van der Waals surface area contributed by atoms with E-state index in [1.54, 1.807) is 38.1 Å². The molecule has 0 fully saturated rings. The molecule has 0 radical (unpaired) electrons. The van der Waals surface area contributed by atoms with Gasteiger partial charge >= 0.3 is 5.97 Å². The Morgan fingerprint density at radius 2 is 2.00 bits per heavy atom. The van der Waals surface area contributed by atoms with Crippen LogP contribution in [0.1, 0.15) is 38.2 Å². The maximum Gasteiger partial charge on any atom is 0.348 e. The van der Waals surface area contributed by atoms with Gasteiger partial charge in [0.2, 0.25) is 0 Å². The largest absolute Gasteiger partial charge is 0.480 e. The Morgan fingerprint density at radius 1 is 1.27 bits per heavy atom. The monoisotopic (exact) mass is 418 g/mol. The molecule has 0 spiro atoms. The molecule has 0 N–H and O–H groups in total. The molecule has 7 heteroatoms. The quantitative estimate of drug-likeness (QED) is 0.279. The van der Waals surface area contributed by atoms with Crippen LogP contribution < -0.4 is 4.74 Å². The van der Waals surface area contributed by atoms with Crippen molar-refractivity contribution in [2.24, 2.45) is 0 Å². The average Bonchev–Trinajstić information content (AvgIpc) is 3.06. The molecule has 1 aromatic heterocycles. The minimum Gasteiger partial charge on any atom is -0.480 e. The maximum absolute atomic E-state index is 12.8. The van der Waals surface area contributed by atoms with Crippen LogP contribution in [0.4, 0.5) is 0 Å². The van der Waals surface area contributed by atoms with Gasteiger partial charge in [-0.1, -0.05) is 24.1 Å². The van der Waals surface area contributed by atoms with Gasteiger partial charge in [0.15, 0.2) is 5.78 Å². The van der Waals surface area contributed by atoms with E-state index in [9.17, 15) is 20.1 Å². The number of ether oxygens (including phenoxy) is 2. The number of benzene rings is 1. The molecule has 0 saturated heterocycles. The molecule has 0 aliphatic rings. The highest BCUT2D eigenvalue weighted by Crippen LogP contribution is 2.30. The molecule has 0 atom stereocenters. The molecule has 0 aliphatic heterocycles. The summed E-state index contributed by atoms with van der Waals surface area (Å²) in [6.07, 6.45) is 6.46. The zero-order valence-corrected chi connectivity index (χ0v) is 17.3. The van der Waals surface area contributed by atoms with Crippen LogP contribution in [0.2, 0.25) is 0 Å². The summed E-state index contributed by atoms with van der Waals surface area (Å²) < 4.78 is 10.4. The van der Waals surface area contributed by atoms with E-state index in [0.29, 0.717) is 21.8 Å². The molecule has 0 bridgehead atoms. The number of esters is 1. The fourth-order valence-electron chi connectivity index (χ4n) is 2.66. The first-order valence-electron chi connectivity index (χ1n) is 8.96. The lowest BCUT2D eigenvalue weighted by Crippen LogP contribution is -2.05. The third kappa shape index (κ3) is 5.14. The minimum absolute atomic E-state index is 0.0529. The number of hydrogen-bond donors (Lipinski definition) is 0. The Balaban J connectivity index is 2.35. The molecule has 1 heterocycles. The molecule has 30 heavy (non-hydrogen) atoms. The predicted octanol–water partition coefficient (Wildman–Crippen LogP) is 3.84. The Morgan fingerprint density at radius 3 is 2.63 bits per heavy atom. The third-order valence-corrected chi connectivity index (χ3v) is 5.34. The Hall–Kier alpha value is -3.86. The summed E-state index contributed by atoms with van der Waals surface area (Å²) in [5.41, 5.74) is 1.16. The molecule has 1 aromatic carbocycles. The van der Waals surface area contributed by atoms with Gasteiger partial charge in [-0.2, -0.15) is 10.5 Å². The lowest BCUT2D eigenvalue weighted by molar-refractivity contribution is -0.114. The van der Waals surface area contributed by atoms with Crippen molar-refractivity contribution < 1.29 is 19.1 Å². The Labute approximate surface area is 179 Å². The predicted molar refractivity (Wildman–Crippen MR) is 113 cm³/mol. The Kier molecular flexibility index (Phi) is 7.94. The summed E-state index contributed by atoms with van der Waals surface area (Å²) in [7, 11) is 0. The molecule has 0 aliphatic carbocycles. The van der Waals surface area contributed by atoms with Crippen molar-refractivity contribution >= 4 is 29.2 Å². The summed E-state index contributed by atoms with van der Waals surface area (Å²) >= 11 is 1.03. The van der Waals surface area contributed by atoms with E-state index in [1.807, 2.05) is 12.1 Å². The van der Waals surface area contributed by atoms with E-state index < -0.39 is 11.8 Å². The zero-order valence-electron chi connectivity index (χ0n) is 16.5. The van der Waals surface area contributed by atoms with Crippen molar-refractivity contribution in [1.82, 2.24) is 0 Å². The van der Waals surface area contributed by atoms with E-state index in [2.05, 4.69) is 5.92 Å². The lowest BCUT2D eigenvalue weighted by Gasteiger charge is -2.06. The van der Waals surface area contributed by atoms with Gasteiger partial charge in [0.05, 0.1) is 17.7 Å². The van der Waals surface area contributed by atoms with E-state index in [1.165, 1.54) is 6.08 Å². The lowest BCUT2D eigenvalue weighted by atomic mass is 10.0. The number of hydrogen-bond acceptors (Lipinski definition) is 7. The highest BCUT2D eigenvalue weighted by Gasteiger charge is 2.23. The second-order valence-electron chi connectivity index (χ2n) is 5.99. The first-order chi connectivity index (χ1) is 14.5. The number of ketones is 1. The highest BCUT2D eigenvalue weighted by molar-refractivity contribution is 7.14.